The van der Waals surface area contributed by atoms with Gasteiger partial charge in [0.15, 0.2) is 4.96 Å². The van der Waals surface area contributed by atoms with Crippen molar-refractivity contribution in [2.45, 2.75) is 27.0 Å². The summed E-state index contributed by atoms with van der Waals surface area (Å²) in [7, 11) is 0. The maximum Gasteiger partial charge on any atom is 0.194 e. The molecule has 0 bridgehead atoms. The maximum absolute atomic E-state index is 9.04. The van der Waals surface area contributed by atoms with Crippen molar-refractivity contribution in [1.29, 1.82) is 0 Å². The third-order valence-corrected chi connectivity index (χ3v) is 4.37. The van der Waals surface area contributed by atoms with E-state index in [1.54, 1.807) is 11.3 Å². The Morgan fingerprint density at radius 2 is 2.00 bits per heavy atom. The summed E-state index contributed by atoms with van der Waals surface area (Å²) in [4.78, 5) is 5.63. The second-order valence-electron chi connectivity index (χ2n) is 4.85. The zero-order chi connectivity index (χ0) is 14.1. The van der Waals surface area contributed by atoms with Crippen molar-refractivity contribution < 1.29 is 5.11 Å². The molecule has 0 aliphatic carbocycles. The van der Waals surface area contributed by atoms with E-state index < -0.39 is 0 Å². The number of aliphatic hydroxyl groups is 1. The molecule has 5 heteroatoms. The van der Waals surface area contributed by atoms with E-state index >= 15 is 0 Å². The fourth-order valence-corrected chi connectivity index (χ4v) is 3.22. The molecule has 0 saturated heterocycles. The Morgan fingerprint density at radius 1 is 1.25 bits per heavy atom. The number of rotatable bonds is 4. The highest BCUT2D eigenvalue weighted by atomic mass is 32.1. The molecule has 0 fully saturated rings. The third-order valence-electron chi connectivity index (χ3n) is 3.43. The Balaban J connectivity index is 1.82. The molecule has 3 rings (SSSR count). The summed E-state index contributed by atoms with van der Waals surface area (Å²) in [6.07, 6.45) is 0. The zero-order valence-electron chi connectivity index (χ0n) is 11.6. The summed E-state index contributed by atoms with van der Waals surface area (Å²) in [5.74, 6) is 0. The van der Waals surface area contributed by atoms with Gasteiger partial charge in [0.05, 0.1) is 24.5 Å². The van der Waals surface area contributed by atoms with Gasteiger partial charge in [0.25, 0.3) is 0 Å². The monoisotopic (exact) mass is 287 g/mol. The normalized spacial score (nSPS) is 11.2. The molecule has 2 aromatic heterocycles. The molecular weight excluding hydrogens is 270 g/mol. The summed E-state index contributed by atoms with van der Waals surface area (Å²) in [6, 6.07) is 7.83. The number of aromatic nitrogens is 2. The number of hydrogen-bond acceptors (Lipinski definition) is 4. The Bertz CT molecular complexity index is 727. The van der Waals surface area contributed by atoms with Crippen molar-refractivity contribution in [3.05, 3.63) is 52.3 Å². The molecule has 0 aliphatic rings. The Labute approximate surface area is 121 Å². The second-order valence-corrected chi connectivity index (χ2v) is 5.68. The van der Waals surface area contributed by atoms with Crippen LogP contribution in [0.3, 0.4) is 0 Å². The van der Waals surface area contributed by atoms with Gasteiger partial charge < -0.3 is 10.4 Å². The van der Waals surface area contributed by atoms with E-state index in [1.807, 2.05) is 31.2 Å². The lowest BCUT2D eigenvalue weighted by atomic mass is 10.2. The number of imidazole rings is 1. The van der Waals surface area contributed by atoms with Crippen molar-refractivity contribution in [3.63, 3.8) is 0 Å². The van der Waals surface area contributed by atoms with Crippen LogP contribution in [0.2, 0.25) is 0 Å². The average molecular weight is 287 g/mol. The van der Waals surface area contributed by atoms with E-state index in [2.05, 4.69) is 27.0 Å². The molecule has 1 aromatic carbocycles. The highest BCUT2D eigenvalue weighted by molar-refractivity contribution is 7.15. The number of fused-ring (bicyclic) bond motifs is 1. The van der Waals surface area contributed by atoms with Gasteiger partial charge in [-0.1, -0.05) is 12.1 Å². The molecular formula is C15H17N3OS. The van der Waals surface area contributed by atoms with Crippen LogP contribution in [0.1, 0.15) is 22.6 Å². The smallest absolute Gasteiger partial charge is 0.194 e. The van der Waals surface area contributed by atoms with E-state index in [4.69, 9.17) is 5.11 Å². The fraction of sp³-hybridized carbons (Fsp3) is 0.267. The number of benzene rings is 1. The number of aliphatic hydroxyl groups excluding tert-OH is 1. The molecule has 0 unspecified atom stereocenters. The molecule has 0 spiro atoms. The van der Waals surface area contributed by atoms with Gasteiger partial charge in [-0.3, -0.25) is 4.40 Å². The first-order chi connectivity index (χ1) is 9.69. The molecule has 2 heterocycles. The highest BCUT2D eigenvalue weighted by Gasteiger charge is 2.11. The van der Waals surface area contributed by atoms with E-state index in [0.717, 1.165) is 28.5 Å². The van der Waals surface area contributed by atoms with E-state index in [-0.39, 0.29) is 6.61 Å². The van der Waals surface area contributed by atoms with Crippen LogP contribution in [0.25, 0.3) is 4.96 Å². The molecule has 0 radical (unpaired) electrons. The molecule has 104 valence electrons. The lowest BCUT2D eigenvalue weighted by Gasteiger charge is -2.08. The summed E-state index contributed by atoms with van der Waals surface area (Å²) in [5, 5.41) is 14.6. The van der Waals surface area contributed by atoms with E-state index in [9.17, 15) is 0 Å². The van der Waals surface area contributed by atoms with Gasteiger partial charge >= 0.3 is 0 Å². The number of nitrogens with zero attached hydrogens (tertiary/aromatic N) is 2. The first-order valence-electron chi connectivity index (χ1n) is 6.54. The first kappa shape index (κ1) is 13.1. The van der Waals surface area contributed by atoms with E-state index in [1.165, 1.54) is 11.4 Å². The van der Waals surface area contributed by atoms with Crippen molar-refractivity contribution in [2.24, 2.45) is 0 Å². The van der Waals surface area contributed by atoms with Crippen LogP contribution in [0.4, 0.5) is 5.69 Å². The average Bonchev–Trinajstić information content (AvgIpc) is 2.97. The van der Waals surface area contributed by atoms with Crippen LogP contribution in [-0.4, -0.2) is 14.5 Å². The number of nitrogens with one attached hydrogen (secondary N) is 1. The van der Waals surface area contributed by atoms with Gasteiger partial charge in [0.1, 0.15) is 0 Å². The maximum atomic E-state index is 9.04. The molecule has 0 aliphatic heterocycles. The SMILES string of the molecule is Cc1nc2scc(C)n2c1CNc1ccc(CO)cc1. The van der Waals surface area contributed by atoms with Crippen LogP contribution < -0.4 is 5.32 Å². The largest absolute Gasteiger partial charge is 0.392 e. The summed E-state index contributed by atoms with van der Waals surface area (Å²) in [6.45, 7) is 4.97. The Kier molecular flexibility index (Phi) is 3.46. The highest BCUT2D eigenvalue weighted by Crippen LogP contribution is 2.21. The van der Waals surface area contributed by atoms with Gasteiger partial charge in [-0.25, -0.2) is 4.98 Å². The van der Waals surface area contributed by atoms with Gasteiger partial charge in [-0.2, -0.15) is 0 Å². The van der Waals surface area contributed by atoms with Crippen molar-refractivity contribution >= 4 is 22.0 Å². The predicted octanol–water partition coefficient (Wildman–Crippen LogP) is 3.12. The minimum absolute atomic E-state index is 0.0801. The molecule has 3 aromatic rings. The molecule has 0 atom stereocenters. The number of anilines is 1. The van der Waals surface area contributed by atoms with Crippen LogP contribution in [0.5, 0.6) is 0 Å². The number of aryl methyl sites for hydroxylation is 2. The van der Waals surface area contributed by atoms with E-state index in [0.29, 0.717) is 0 Å². The van der Waals surface area contributed by atoms with Gasteiger partial charge in [-0.05, 0) is 31.5 Å². The number of hydrogen-bond donors (Lipinski definition) is 2. The predicted molar refractivity (Wildman–Crippen MR) is 82.2 cm³/mol. The first-order valence-corrected chi connectivity index (χ1v) is 7.42. The standard InChI is InChI=1S/C15H17N3OS/c1-10-9-20-15-17-11(2)14(18(10)15)7-16-13-5-3-12(8-19)4-6-13/h3-6,9,16,19H,7-8H2,1-2H3. The molecule has 20 heavy (non-hydrogen) atoms. The molecule has 0 amide bonds. The Hall–Kier alpha value is -1.85. The Morgan fingerprint density at radius 3 is 2.70 bits per heavy atom. The topological polar surface area (TPSA) is 49.6 Å². The van der Waals surface area contributed by atoms with Crippen molar-refractivity contribution in [3.8, 4) is 0 Å². The summed E-state index contributed by atoms with van der Waals surface area (Å²) >= 11 is 1.67. The summed E-state index contributed by atoms with van der Waals surface area (Å²) < 4.78 is 2.20. The molecule has 0 saturated carbocycles. The fourth-order valence-electron chi connectivity index (χ4n) is 2.29. The van der Waals surface area contributed by atoms with Crippen LogP contribution >= 0.6 is 11.3 Å². The van der Waals surface area contributed by atoms with Gasteiger partial charge in [0, 0.05) is 16.8 Å². The van der Waals surface area contributed by atoms with Crippen LogP contribution in [0.15, 0.2) is 29.6 Å². The molecule has 2 N–H and O–H groups in total. The number of thiazole rings is 1. The third kappa shape index (κ3) is 2.30. The minimum Gasteiger partial charge on any atom is -0.392 e. The van der Waals surface area contributed by atoms with Crippen LogP contribution in [0, 0.1) is 13.8 Å². The van der Waals surface area contributed by atoms with Crippen molar-refractivity contribution in [2.75, 3.05) is 5.32 Å². The lowest BCUT2D eigenvalue weighted by molar-refractivity contribution is 0.282. The molecule has 4 nitrogen and oxygen atoms in total. The quantitative estimate of drug-likeness (QED) is 0.775. The zero-order valence-corrected chi connectivity index (χ0v) is 12.4. The van der Waals surface area contributed by atoms with Gasteiger partial charge in [-0.15, -0.1) is 11.3 Å². The van der Waals surface area contributed by atoms with Gasteiger partial charge in [0.2, 0.25) is 0 Å². The van der Waals surface area contributed by atoms with Crippen LogP contribution in [-0.2, 0) is 13.2 Å². The minimum atomic E-state index is 0.0801. The lowest BCUT2D eigenvalue weighted by Crippen LogP contribution is -2.04. The second kappa shape index (κ2) is 5.26. The summed E-state index contributed by atoms with van der Waals surface area (Å²) in [5.41, 5.74) is 5.46. The van der Waals surface area contributed by atoms with Crippen molar-refractivity contribution in [1.82, 2.24) is 9.38 Å².